The van der Waals surface area contributed by atoms with Gasteiger partial charge in [-0.1, -0.05) is 13.8 Å². The summed E-state index contributed by atoms with van der Waals surface area (Å²) in [4.78, 5) is 15.3. The zero-order valence-corrected chi connectivity index (χ0v) is 11.9. The van der Waals surface area contributed by atoms with Gasteiger partial charge in [0.15, 0.2) is 17.4 Å². The molecule has 0 N–H and O–H groups in total. The van der Waals surface area contributed by atoms with Crippen molar-refractivity contribution in [3.05, 3.63) is 41.1 Å². The Bertz CT molecular complexity index is 590. The summed E-state index contributed by atoms with van der Waals surface area (Å²) in [6.07, 6.45) is 2.95. The van der Waals surface area contributed by atoms with Crippen LogP contribution in [-0.2, 0) is 0 Å². The second-order valence-electron chi connectivity index (χ2n) is 3.88. The molecule has 0 aliphatic carbocycles. The lowest BCUT2D eigenvalue weighted by molar-refractivity contribution is 0.101. The first-order chi connectivity index (χ1) is 9.02. The Balaban J connectivity index is 0.000000861. The fourth-order valence-electron chi connectivity index (χ4n) is 1.64. The van der Waals surface area contributed by atoms with Gasteiger partial charge in [0.1, 0.15) is 0 Å². The summed E-state index contributed by atoms with van der Waals surface area (Å²) in [5, 5.41) is 4.00. The summed E-state index contributed by atoms with van der Waals surface area (Å²) < 4.78 is 15.2. The molecule has 0 fully saturated rings. The van der Waals surface area contributed by atoms with Crippen LogP contribution >= 0.6 is 0 Å². The standard InChI is InChI=1S/C12H12FN3O.C2H6/c1-7-4-5-14-12(11(7)13)16-8(2)10(6-15-16)9(3)17;1-2/h4-6H,1-3H3;1-2H3. The lowest BCUT2D eigenvalue weighted by atomic mass is 10.2. The van der Waals surface area contributed by atoms with E-state index in [0.717, 1.165) is 0 Å². The van der Waals surface area contributed by atoms with E-state index in [-0.39, 0.29) is 11.6 Å². The van der Waals surface area contributed by atoms with Gasteiger partial charge in [0.05, 0.1) is 17.5 Å². The summed E-state index contributed by atoms with van der Waals surface area (Å²) in [5.41, 5.74) is 1.57. The van der Waals surface area contributed by atoms with E-state index < -0.39 is 5.82 Å². The van der Waals surface area contributed by atoms with E-state index in [4.69, 9.17) is 0 Å². The number of aromatic nitrogens is 3. The van der Waals surface area contributed by atoms with Gasteiger partial charge in [0.25, 0.3) is 0 Å². The molecule has 0 saturated heterocycles. The SMILES string of the molecule is CC.CC(=O)c1cnn(-c2nccc(C)c2F)c1C. The Hall–Kier alpha value is -2.04. The molecule has 0 amide bonds. The number of pyridine rings is 1. The molecule has 4 nitrogen and oxygen atoms in total. The number of rotatable bonds is 2. The zero-order chi connectivity index (χ0) is 14.6. The molecule has 0 unspecified atom stereocenters. The van der Waals surface area contributed by atoms with Gasteiger partial charge in [-0.3, -0.25) is 4.79 Å². The molecule has 5 heteroatoms. The third-order valence-corrected chi connectivity index (χ3v) is 2.65. The average Bonchev–Trinajstić information content (AvgIpc) is 2.77. The van der Waals surface area contributed by atoms with Crippen molar-refractivity contribution in [2.75, 3.05) is 0 Å². The van der Waals surface area contributed by atoms with Crippen molar-refractivity contribution >= 4 is 5.78 Å². The number of ketones is 1. The lowest BCUT2D eigenvalue weighted by Crippen LogP contribution is -2.06. The first-order valence-corrected chi connectivity index (χ1v) is 6.19. The molecule has 2 aromatic heterocycles. The summed E-state index contributed by atoms with van der Waals surface area (Å²) >= 11 is 0. The number of nitrogens with zero attached hydrogens (tertiary/aromatic N) is 3. The van der Waals surface area contributed by atoms with Crippen LogP contribution in [0.2, 0.25) is 0 Å². The van der Waals surface area contributed by atoms with E-state index in [1.165, 1.54) is 24.0 Å². The molecule has 0 aliphatic heterocycles. The molecule has 0 radical (unpaired) electrons. The second kappa shape index (κ2) is 6.22. The van der Waals surface area contributed by atoms with E-state index in [1.807, 2.05) is 13.8 Å². The summed E-state index contributed by atoms with van der Waals surface area (Å²) in [5.74, 6) is -0.398. The maximum Gasteiger partial charge on any atom is 0.190 e. The smallest absolute Gasteiger partial charge is 0.190 e. The number of hydrogen-bond acceptors (Lipinski definition) is 3. The molecule has 19 heavy (non-hydrogen) atoms. The first-order valence-electron chi connectivity index (χ1n) is 6.19. The highest BCUT2D eigenvalue weighted by molar-refractivity contribution is 5.94. The second-order valence-corrected chi connectivity index (χ2v) is 3.88. The van der Waals surface area contributed by atoms with Gasteiger partial charge < -0.3 is 0 Å². The molecule has 0 saturated carbocycles. The largest absolute Gasteiger partial charge is 0.294 e. The molecule has 0 aromatic carbocycles. The molecule has 0 spiro atoms. The molecule has 2 rings (SSSR count). The highest BCUT2D eigenvalue weighted by Crippen LogP contribution is 2.17. The number of Topliss-reactive ketones (excluding diaryl/α,β-unsaturated/α-hetero) is 1. The maximum atomic E-state index is 13.9. The van der Waals surface area contributed by atoms with Crippen LogP contribution < -0.4 is 0 Å². The Morgan fingerprint density at radius 3 is 2.47 bits per heavy atom. The van der Waals surface area contributed by atoms with Gasteiger partial charge in [0, 0.05) is 6.20 Å². The highest BCUT2D eigenvalue weighted by Gasteiger charge is 2.15. The Labute approximate surface area is 112 Å². The van der Waals surface area contributed by atoms with Crippen LogP contribution in [0.3, 0.4) is 0 Å². The predicted octanol–water partition coefficient (Wildman–Crippen LogP) is 3.25. The molecule has 0 bridgehead atoms. The number of carbonyl (C=O) groups is 1. The molecule has 2 heterocycles. The minimum atomic E-state index is -0.422. The molecule has 0 atom stereocenters. The first kappa shape index (κ1) is 15.0. The van der Waals surface area contributed by atoms with Gasteiger partial charge in [0.2, 0.25) is 0 Å². The fraction of sp³-hybridized carbons (Fsp3) is 0.357. The van der Waals surface area contributed by atoms with Crippen molar-refractivity contribution < 1.29 is 9.18 Å². The fourth-order valence-corrected chi connectivity index (χ4v) is 1.64. The quantitative estimate of drug-likeness (QED) is 0.781. The minimum absolute atomic E-state index is 0.0955. The van der Waals surface area contributed by atoms with E-state index in [9.17, 15) is 9.18 Å². The van der Waals surface area contributed by atoms with Crippen LogP contribution in [-0.4, -0.2) is 20.5 Å². The molecular weight excluding hydrogens is 245 g/mol. The van der Waals surface area contributed by atoms with E-state index >= 15 is 0 Å². The Morgan fingerprint density at radius 1 is 1.32 bits per heavy atom. The lowest BCUT2D eigenvalue weighted by Gasteiger charge is -2.06. The average molecular weight is 263 g/mol. The van der Waals surface area contributed by atoms with Crippen molar-refractivity contribution in [2.24, 2.45) is 0 Å². The van der Waals surface area contributed by atoms with Crippen molar-refractivity contribution in [3.8, 4) is 5.82 Å². The number of carbonyl (C=O) groups excluding carboxylic acids is 1. The van der Waals surface area contributed by atoms with E-state index in [1.54, 1.807) is 19.9 Å². The van der Waals surface area contributed by atoms with E-state index in [0.29, 0.717) is 16.8 Å². The monoisotopic (exact) mass is 263 g/mol. The van der Waals surface area contributed by atoms with E-state index in [2.05, 4.69) is 10.1 Å². The highest BCUT2D eigenvalue weighted by atomic mass is 19.1. The van der Waals surface area contributed by atoms with Gasteiger partial charge in [-0.2, -0.15) is 5.10 Å². The molecule has 0 aliphatic rings. The minimum Gasteiger partial charge on any atom is -0.294 e. The van der Waals surface area contributed by atoms with Crippen LogP contribution in [0.15, 0.2) is 18.5 Å². The molecule has 102 valence electrons. The number of halogens is 1. The Morgan fingerprint density at radius 2 is 1.95 bits per heavy atom. The van der Waals surface area contributed by atoms with Crippen LogP contribution in [0, 0.1) is 19.7 Å². The number of aryl methyl sites for hydroxylation is 1. The van der Waals surface area contributed by atoms with Crippen molar-refractivity contribution in [1.29, 1.82) is 0 Å². The van der Waals surface area contributed by atoms with Crippen molar-refractivity contribution in [3.63, 3.8) is 0 Å². The third kappa shape index (κ3) is 2.86. The Kier molecular flexibility index (Phi) is 4.92. The normalized spacial score (nSPS) is 9.79. The van der Waals surface area contributed by atoms with Crippen molar-refractivity contribution in [1.82, 2.24) is 14.8 Å². The van der Waals surface area contributed by atoms with Crippen LogP contribution in [0.4, 0.5) is 4.39 Å². The summed E-state index contributed by atoms with van der Waals surface area (Å²) in [7, 11) is 0. The van der Waals surface area contributed by atoms with Gasteiger partial charge >= 0.3 is 0 Å². The van der Waals surface area contributed by atoms with Crippen molar-refractivity contribution in [2.45, 2.75) is 34.6 Å². The molecular formula is C14H18FN3O. The molecule has 2 aromatic rings. The van der Waals surface area contributed by atoms with Crippen LogP contribution in [0.1, 0.15) is 42.4 Å². The van der Waals surface area contributed by atoms with Crippen LogP contribution in [0.5, 0.6) is 0 Å². The summed E-state index contributed by atoms with van der Waals surface area (Å²) in [6.45, 7) is 8.83. The maximum absolute atomic E-state index is 13.9. The van der Waals surface area contributed by atoms with Crippen LogP contribution in [0.25, 0.3) is 5.82 Å². The summed E-state index contributed by atoms with van der Waals surface area (Å²) in [6, 6.07) is 1.59. The topological polar surface area (TPSA) is 47.8 Å². The third-order valence-electron chi connectivity index (χ3n) is 2.65. The number of hydrogen-bond donors (Lipinski definition) is 0. The van der Waals surface area contributed by atoms with Gasteiger partial charge in [-0.15, -0.1) is 0 Å². The zero-order valence-electron chi connectivity index (χ0n) is 11.9. The predicted molar refractivity (Wildman–Crippen MR) is 72.1 cm³/mol. The van der Waals surface area contributed by atoms with Gasteiger partial charge in [-0.05, 0) is 32.4 Å². The van der Waals surface area contributed by atoms with Gasteiger partial charge in [-0.25, -0.2) is 14.1 Å².